The second-order valence-electron chi connectivity index (χ2n) is 6.29. The highest BCUT2D eigenvalue weighted by Gasteiger charge is 2.29. The second kappa shape index (κ2) is 8.36. The number of anilines is 1. The Bertz CT molecular complexity index is 1030. The van der Waals surface area contributed by atoms with E-state index in [1.54, 1.807) is 25.1 Å². The van der Waals surface area contributed by atoms with Crippen molar-refractivity contribution in [3.8, 4) is 21.9 Å². The van der Waals surface area contributed by atoms with Crippen LogP contribution in [0.1, 0.15) is 16.6 Å². The summed E-state index contributed by atoms with van der Waals surface area (Å²) >= 11 is 1.28. The fourth-order valence-corrected chi connectivity index (χ4v) is 3.95. The van der Waals surface area contributed by atoms with Crippen LogP contribution in [0.5, 0.6) is 11.5 Å². The molecule has 1 atom stereocenters. The van der Waals surface area contributed by atoms with Crippen LogP contribution in [0.15, 0.2) is 60.7 Å². The fourth-order valence-electron chi connectivity index (χ4n) is 2.94. The molecule has 0 spiro atoms. The van der Waals surface area contributed by atoms with E-state index in [1.807, 2.05) is 42.5 Å². The van der Waals surface area contributed by atoms with Crippen LogP contribution in [0, 0.1) is 0 Å². The topological polar surface area (TPSA) is 73.9 Å². The van der Waals surface area contributed by atoms with Crippen molar-refractivity contribution in [3.05, 3.63) is 65.5 Å². The van der Waals surface area contributed by atoms with Crippen molar-refractivity contribution >= 4 is 28.9 Å². The molecule has 1 N–H and O–H groups in total. The van der Waals surface area contributed by atoms with Crippen molar-refractivity contribution in [2.45, 2.75) is 13.0 Å². The Kier molecular flexibility index (Phi) is 5.48. The third kappa shape index (κ3) is 4.09. The van der Waals surface area contributed by atoms with Gasteiger partial charge in [-0.05, 0) is 30.7 Å². The molecule has 1 aliphatic heterocycles. The molecule has 3 aromatic rings. The van der Waals surface area contributed by atoms with E-state index >= 15 is 0 Å². The molecule has 0 radical (unpaired) electrons. The molecule has 2 heterocycles. The third-order valence-electron chi connectivity index (χ3n) is 4.31. The summed E-state index contributed by atoms with van der Waals surface area (Å²) in [6.07, 6.45) is -0.819. The van der Waals surface area contributed by atoms with E-state index in [9.17, 15) is 9.59 Å². The van der Waals surface area contributed by atoms with Crippen LogP contribution in [-0.2, 0) is 9.53 Å². The molecule has 148 valence electrons. The molecule has 0 saturated carbocycles. The summed E-state index contributed by atoms with van der Waals surface area (Å²) in [5.41, 5.74) is 1.36. The van der Waals surface area contributed by atoms with E-state index in [0.29, 0.717) is 22.1 Å². The Labute approximate surface area is 172 Å². The second-order valence-corrected chi connectivity index (χ2v) is 7.35. The number of carbonyl (C=O) groups is 2. The predicted octanol–water partition coefficient (Wildman–Crippen LogP) is 4.37. The van der Waals surface area contributed by atoms with Crippen molar-refractivity contribution in [2.75, 3.05) is 18.5 Å². The first-order valence-electron chi connectivity index (χ1n) is 9.21. The lowest BCUT2D eigenvalue weighted by Crippen LogP contribution is -2.40. The maximum Gasteiger partial charge on any atom is 0.350 e. The first-order chi connectivity index (χ1) is 14.2. The summed E-state index contributed by atoms with van der Waals surface area (Å²) in [5, 5.41) is 2.81. The van der Waals surface area contributed by atoms with E-state index in [4.69, 9.17) is 14.2 Å². The Morgan fingerprint density at radius 1 is 1.10 bits per heavy atom. The number of carbonyl (C=O) groups excluding carboxylic acids is 2. The molecule has 0 saturated heterocycles. The number of benzene rings is 2. The highest BCUT2D eigenvalue weighted by molar-refractivity contribution is 7.18. The number of rotatable bonds is 5. The minimum absolute atomic E-state index is 0.0905. The maximum atomic E-state index is 12.8. The van der Waals surface area contributed by atoms with E-state index in [1.165, 1.54) is 11.3 Å². The number of amides is 1. The minimum atomic E-state index is -0.819. The van der Waals surface area contributed by atoms with Gasteiger partial charge in [-0.25, -0.2) is 4.79 Å². The van der Waals surface area contributed by atoms with Gasteiger partial charge in [-0.2, -0.15) is 0 Å². The number of ether oxygens (including phenoxy) is 3. The number of esters is 1. The van der Waals surface area contributed by atoms with Crippen molar-refractivity contribution in [1.82, 2.24) is 0 Å². The lowest BCUT2D eigenvalue weighted by atomic mass is 10.2. The van der Waals surface area contributed by atoms with Crippen LogP contribution in [0.4, 0.5) is 5.69 Å². The molecule has 0 aliphatic carbocycles. The molecule has 6 nitrogen and oxygen atoms in total. The molecular weight excluding hydrogens is 390 g/mol. The molecule has 1 aliphatic rings. The average Bonchev–Trinajstić information content (AvgIpc) is 3.18. The molecule has 29 heavy (non-hydrogen) atoms. The van der Waals surface area contributed by atoms with Gasteiger partial charge < -0.3 is 19.5 Å². The van der Waals surface area contributed by atoms with Crippen LogP contribution in [0.2, 0.25) is 0 Å². The number of hydrogen-bond donors (Lipinski definition) is 1. The van der Waals surface area contributed by atoms with Gasteiger partial charge in [0, 0.05) is 4.88 Å². The van der Waals surface area contributed by atoms with Gasteiger partial charge in [-0.15, -0.1) is 11.3 Å². The quantitative estimate of drug-likeness (QED) is 0.634. The molecule has 2 aromatic carbocycles. The van der Waals surface area contributed by atoms with Crippen LogP contribution < -0.4 is 14.8 Å². The molecule has 7 heteroatoms. The van der Waals surface area contributed by atoms with Gasteiger partial charge in [-0.1, -0.05) is 42.5 Å². The van der Waals surface area contributed by atoms with Gasteiger partial charge in [0.15, 0.2) is 11.5 Å². The Morgan fingerprint density at radius 2 is 1.83 bits per heavy atom. The molecule has 1 unspecified atom stereocenters. The van der Waals surface area contributed by atoms with E-state index in [-0.39, 0.29) is 19.1 Å². The summed E-state index contributed by atoms with van der Waals surface area (Å²) in [4.78, 5) is 26.4. The fraction of sp³-hybridized carbons (Fsp3) is 0.182. The standard InChI is InChI=1S/C22H19NO5S/c1-2-26-22(25)20-15(12-19(29-20)14-8-4-3-5-9-14)23-21(24)18-13-27-16-10-6-7-11-17(16)28-18/h3-12,18H,2,13H2,1H3,(H,23,24). The Balaban J connectivity index is 1.58. The Morgan fingerprint density at radius 3 is 2.59 bits per heavy atom. The summed E-state index contributed by atoms with van der Waals surface area (Å²) in [6, 6.07) is 18.6. The smallest absolute Gasteiger partial charge is 0.350 e. The molecule has 0 fully saturated rings. The number of hydrogen-bond acceptors (Lipinski definition) is 6. The SMILES string of the molecule is CCOC(=O)c1sc(-c2ccccc2)cc1NC(=O)C1COc2ccccc2O1. The highest BCUT2D eigenvalue weighted by Crippen LogP contribution is 2.36. The monoisotopic (exact) mass is 409 g/mol. The minimum Gasteiger partial charge on any atom is -0.485 e. The first-order valence-corrected chi connectivity index (χ1v) is 10.0. The zero-order valence-corrected chi connectivity index (χ0v) is 16.5. The zero-order valence-electron chi connectivity index (χ0n) is 15.7. The summed E-state index contributed by atoms with van der Waals surface area (Å²) < 4.78 is 16.5. The summed E-state index contributed by atoms with van der Waals surface area (Å²) in [5.74, 6) is 0.258. The van der Waals surface area contributed by atoms with Crippen LogP contribution in [0.3, 0.4) is 0 Å². The molecule has 1 aromatic heterocycles. The average molecular weight is 409 g/mol. The van der Waals surface area contributed by atoms with Crippen LogP contribution in [0.25, 0.3) is 10.4 Å². The van der Waals surface area contributed by atoms with Crippen molar-refractivity contribution in [3.63, 3.8) is 0 Å². The largest absolute Gasteiger partial charge is 0.485 e. The van der Waals surface area contributed by atoms with Gasteiger partial charge >= 0.3 is 5.97 Å². The Hall–Kier alpha value is -3.32. The van der Waals surface area contributed by atoms with Gasteiger partial charge in [0.2, 0.25) is 6.10 Å². The molecule has 1 amide bonds. The van der Waals surface area contributed by atoms with Crippen LogP contribution in [-0.4, -0.2) is 31.2 Å². The highest BCUT2D eigenvalue weighted by atomic mass is 32.1. The maximum absolute atomic E-state index is 12.8. The van der Waals surface area contributed by atoms with E-state index in [0.717, 1.165) is 10.4 Å². The van der Waals surface area contributed by atoms with Gasteiger partial charge in [0.25, 0.3) is 5.91 Å². The van der Waals surface area contributed by atoms with Crippen molar-refractivity contribution in [2.24, 2.45) is 0 Å². The lowest BCUT2D eigenvalue weighted by Gasteiger charge is -2.25. The number of para-hydroxylation sites is 2. The lowest BCUT2D eigenvalue weighted by molar-refractivity contribution is -0.125. The summed E-state index contributed by atoms with van der Waals surface area (Å²) in [7, 11) is 0. The van der Waals surface area contributed by atoms with Gasteiger partial charge in [-0.3, -0.25) is 4.79 Å². The zero-order chi connectivity index (χ0) is 20.2. The van der Waals surface area contributed by atoms with Gasteiger partial charge in [0.05, 0.1) is 12.3 Å². The number of fused-ring (bicyclic) bond motifs is 1. The van der Waals surface area contributed by atoms with Gasteiger partial charge in [0.1, 0.15) is 11.5 Å². The molecular formula is C22H19NO5S. The first kappa shape index (κ1) is 19.0. The van der Waals surface area contributed by atoms with E-state index in [2.05, 4.69) is 5.32 Å². The molecule has 0 bridgehead atoms. The van der Waals surface area contributed by atoms with Crippen molar-refractivity contribution in [1.29, 1.82) is 0 Å². The van der Waals surface area contributed by atoms with Crippen LogP contribution >= 0.6 is 11.3 Å². The third-order valence-corrected chi connectivity index (χ3v) is 5.47. The number of thiophene rings is 1. The molecule has 4 rings (SSSR count). The van der Waals surface area contributed by atoms with Crippen molar-refractivity contribution < 1.29 is 23.8 Å². The number of nitrogens with one attached hydrogen (secondary N) is 1. The van der Waals surface area contributed by atoms with E-state index < -0.39 is 12.1 Å². The normalized spacial score (nSPS) is 14.9. The predicted molar refractivity (Wildman–Crippen MR) is 111 cm³/mol. The summed E-state index contributed by atoms with van der Waals surface area (Å²) in [6.45, 7) is 2.08.